The monoisotopic (exact) mass is 431 g/mol. The van der Waals surface area contributed by atoms with Gasteiger partial charge >= 0.3 is 0 Å². The van der Waals surface area contributed by atoms with E-state index in [1.165, 1.54) is 5.56 Å². The van der Waals surface area contributed by atoms with Crippen LogP contribution in [0.4, 0.5) is 0 Å². The van der Waals surface area contributed by atoms with E-state index >= 15 is 0 Å². The van der Waals surface area contributed by atoms with Crippen LogP contribution in [0, 0.1) is 12.8 Å². The zero-order valence-corrected chi connectivity index (χ0v) is 19.8. The molecule has 2 heterocycles. The van der Waals surface area contributed by atoms with Crippen LogP contribution in [-0.4, -0.2) is 88.4 Å². The average Bonchev–Trinajstić information content (AvgIpc) is 3.28. The van der Waals surface area contributed by atoms with Crippen LogP contribution in [0.3, 0.4) is 0 Å². The van der Waals surface area contributed by atoms with Crippen LogP contribution in [0.15, 0.2) is 23.2 Å². The fraction of sp³-hybridized carbons (Fsp3) is 0.708. The Bertz CT molecular complexity index is 697. The van der Waals surface area contributed by atoms with E-state index in [0.29, 0.717) is 19.1 Å². The molecule has 0 aliphatic carbocycles. The predicted molar refractivity (Wildman–Crippen MR) is 127 cm³/mol. The fourth-order valence-electron chi connectivity index (χ4n) is 4.11. The molecule has 0 aromatic heterocycles. The zero-order valence-electron chi connectivity index (χ0n) is 19.8. The molecule has 174 valence electrons. The summed E-state index contributed by atoms with van der Waals surface area (Å²) in [5, 5.41) is 6.93. The number of aryl methyl sites for hydroxylation is 1. The molecule has 0 spiro atoms. The Morgan fingerprint density at radius 1 is 1.26 bits per heavy atom. The molecule has 1 aromatic rings. The summed E-state index contributed by atoms with van der Waals surface area (Å²) in [6, 6.07) is 6.38. The SMILES string of the molecule is CN=C(NCc1ccc(C)cc1OCC1CCCO1)NCC(C)CN1CCN(C)CC1. The van der Waals surface area contributed by atoms with Crippen LogP contribution < -0.4 is 15.4 Å². The molecule has 0 saturated carbocycles. The maximum absolute atomic E-state index is 6.12. The lowest BCUT2D eigenvalue weighted by Gasteiger charge is -2.34. The first-order valence-corrected chi connectivity index (χ1v) is 11.7. The molecule has 2 atom stereocenters. The smallest absolute Gasteiger partial charge is 0.191 e. The Morgan fingerprint density at radius 3 is 2.77 bits per heavy atom. The van der Waals surface area contributed by atoms with Gasteiger partial charge in [-0.15, -0.1) is 0 Å². The van der Waals surface area contributed by atoms with Crippen LogP contribution in [0.25, 0.3) is 0 Å². The minimum absolute atomic E-state index is 0.220. The van der Waals surface area contributed by atoms with Crippen molar-refractivity contribution in [3.05, 3.63) is 29.3 Å². The molecule has 7 nitrogen and oxygen atoms in total. The molecule has 2 fully saturated rings. The number of likely N-dealkylation sites (N-methyl/N-ethyl adjacent to an activating group) is 1. The van der Waals surface area contributed by atoms with Crippen molar-refractivity contribution in [3.8, 4) is 5.75 Å². The van der Waals surface area contributed by atoms with Crippen LogP contribution in [-0.2, 0) is 11.3 Å². The van der Waals surface area contributed by atoms with E-state index in [0.717, 1.165) is 76.0 Å². The Kier molecular flexibility index (Phi) is 9.43. The van der Waals surface area contributed by atoms with Gasteiger partial charge in [0.1, 0.15) is 12.4 Å². The molecule has 0 amide bonds. The first-order valence-electron chi connectivity index (χ1n) is 11.7. The lowest BCUT2D eigenvalue weighted by molar-refractivity contribution is 0.0676. The van der Waals surface area contributed by atoms with Crippen LogP contribution in [0.5, 0.6) is 5.75 Å². The van der Waals surface area contributed by atoms with Crippen molar-refractivity contribution < 1.29 is 9.47 Å². The van der Waals surface area contributed by atoms with E-state index in [1.54, 1.807) is 0 Å². The van der Waals surface area contributed by atoms with E-state index in [-0.39, 0.29) is 6.10 Å². The minimum Gasteiger partial charge on any atom is -0.491 e. The van der Waals surface area contributed by atoms with Gasteiger partial charge < -0.3 is 29.9 Å². The lowest BCUT2D eigenvalue weighted by atomic mass is 10.1. The molecule has 1 aromatic carbocycles. The summed E-state index contributed by atoms with van der Waals surface area (Å²) in [5.41, 5.74) is 2.34. The maximum atomic E-state index is 6.12. The van der Waals surface area contributed by atoms with Crippen molar-refractivity contribution in [2.45, 2.75) is 39.3 Å². The number of benzene rings is 1. The third kappa shape index (κ3) is 7.98. The largest absolute Gasteiger partial charge is 0.491 e. The molecule has 7 heteroatoms. The summed E-state index contributed by atoms with van der Waals surface area (Å²) < 4.78 is 11.8. The molecular formula is C24H41N5O2. The molecule has 2 aliphatic heterocycles. The molecule has 0 bridgehead atoms. The Hall–Kier alpha value is -1.83. The van der Waals surface area contributed by atoms with Crippen molar-refractivity contribution in [1.82, 2.24) is 20.4 Å². The molecule has 2 aliphatic rings. The molecule has 2 N–H and O–H groups in total. The average molecular weight is 432 g/mol. The molecular weight excluding hydrogens is 390 g/mol. The normalized spacial score (nSPS) is 21.8. The molecule has 3 rings (SSSR count). The van der Waals surface area contributed by atoms with Gasteiger partial charge in [-0.3, -0.25) is 4.99 Å². The summed E-state index contributed by atoms with van der Waals surface area (Å²) in [6.07, 6.45) is 2.44. The van der Waals surface area contributed by atoms with Gasteiger partial charge in [0, 0.05) is 65.0 Å². The second-order valence-corrected chi connectivity index (χ2v) is 9.07. The topological polar surface area (TPSA) is 61.4 Å². The van der Waals surface area contributed by atoms with Crippen molar-refractivity contribution in [2.75, 3.05) is 66.6 Å². The van der Waals surface area contributed by atoms with Crippen molar-refractivity contribution in [3.63, 3.8) is 0 Å². The summed E-state index contributed by atoms with van der Waals surface area (Å²) in [6.45, 7) is 13.2. The maximum Gasteiger partial charge on any atom is 0.191 e. The van der Waals surface area contributed by atoms with Gasteiger partial charge in [0.15, 0.2) is 5.96 Å². The second kappa shape index (κ2) is 12.3. The highest BCUT2D eigenvalue weighted by Crippen LogP contribution is 2.22. The molecule has 31 heavy (non-hydrogen) atoms. The van der Waals surface area contributed by atoms with Gasteiger partial charge in [-0.05, 0) is 44.4 Å². The number of ether oxygens (including phenoxy) is 2. The first kappa shape index (κ1) is 23.8. The van der Waals surface area contributed by atoms with Crippen LogP contribution in [0.1, 0.15) is 30.9 Å². The third-order valence-corrected chi connectivity index (χ3v) is 6.13. The van der Waals surface area contributed by atoms with Gasteiger partial charge in [0.25, 0.3) is 0 Å². The highest BCUT2D eigenvalue weighted by Gasteiger charge is 2.18. The number of hydrogen-bond donors (Lipinski definition) is 2. The molecule has 2 unspecified atom stereocenters. The minimum atomic E-state index is 0.220. The second-order valence-electron chi connectivity index (χ2n) is 9.07. The summed E-state index contributed by atoms with van der Waals surface area (Å²) in [7, 11) is 4.02. The van der Waals surface area contributed by atoms with E-state index in [4.69, 9.17) is 9.47 Å². The highest BCUT2D eigenvalue weighted by atomic mass is 16.5. The number of rotatable bonds is 9. The highest BCUT2D eigenvalue weighted by molar-refractivity contribution is 5.79. The number of nitrogens with zero attached hydrogens (tertiary/aromatic N) is 3. The van der Waals surface area contributed by atoms with E-state index in [9.17, 15) is 0 Å². The van der Waals surface area contributed by atoms with Crippen molar-refractivity contribution in [2.24, 2.45) is 10.9 Å². The van der Waals surface area contributed by atoms with Crippen molar-refractivity contribution in [1.29, 1.82) is 0 Å². The Balaban J connectivity index is 1.44. The lowest BCUT2D eigenvalue weighted by Crippen LogP contribution is -2.47. The number of hydrogen-bond acceptors (Lipinski definition) is 5. The molecule has 2 saturated heterocycles. The summed E-state index contributed by atoms with van der Waals surface area (Å²) >= 11 is 0. The van der Waals surface area contributed by atoms with E-state index in [1.807, 2.05) is 7.05 Å². The number of aliphatic imine (C=N–C) groups is 1. The van der Waals surface area contributed by atoms with Crippen LogP contribution >= 0.6 is 0 Å². The number of guanidine groups is 1. The van der Waals surface area contributed by atoms with Gasteiger partial charge in [-0.2, -0.15) is 0 Å². The van der Waals surface area contributed by atoms with Gasteiger partial charge in [0.2, 0.25) is 0 Å². The van der Waals surface area contributed by atoms with Gasteiger partial charge in [-0.1, -0.05) is 19.1 Å². The Morgan fingerprint density at radius 2 is 2.06 bits per heavy atom. The Labute approximate surface area is 188 Å². The van der Waals surface area contributed by atoms with Gasteiger partial charge in [0.05, 0.1) is 6.10 Å². The quantitative estimate of drug-likeness (QED) is 0.461. The predicted octanol–water partition coefficient (Wildman–Crippen LogP) is 2.10. The number of nitrogens with one attached hydrogen (secondary N) is 2. The number of piperazine rings is 1. The zero-order chi connectivity index (χ0) is 22.1. The standard InChI is InChI=1S/C24H41N5O2/c1-19-7-8-21(23(14-19)31-18-22-6-5-13-30-22)16-27-24(25-3)26-15-20(2)17-29-11-9-28(4)10-12-29/h7-8,14,20,22H,5-6,9-13,15-18H2,1-4H3,(H2,25,26,27). The first-order chi connectivity index (χ1) is 15.0. The molecule has 0 radical (unpaired) electrons. The summed E-state index contributed by atoms with van der Waals surface area (Å²) in [4.78, 5) is 9.36. The van der Waals surface area contributed by atoms with Crippen molar-refractivity contribution >= 4 is 5.96 Å². The van der Waals surface area contributed by atoms with E-state index in [2.05, 4.69) is 64.5 Å². The fourth-order valence-corrected chi connectivity index (χ4v) is 4.11. The third-order valence-electron chi connectivity index (χ3n) is 6.13. The van der Waals surface area contributed by atoms with Gasteiger partial charge in [-0.25, -0.2) is 0 Å². The van der Waals surface area contributed by atoms with E-state index < -0.39 is 0 Å². The van der Waals surface area contributed by atoms with Crippen LogP contribution in [0.2, 0.25) is 0 Å². The summed E-state index contributed by atoms with van der Waals surface area (Å²) in [5.74, 6) is 2.32.